The number of carboxylic acids is 1. The highest BCUT2D eigenvalue weighted by Gasteiger charge is 2.28. The number of carbonyl (C=O) groups is 2. The van der Waals surface area contributed by atoms with Crippen LogP contribution in [0, 0.1) is 6.92 Å². The van der Waals surface area contributed by atoms with E-state index in [9.17, 15) is 14.7 Å². The van der Waals surface area contributed by atoms with Gasteiger partial charge in [0.1, 0.15) is 6.61 Å². The molecule has 0 radical (unpaired) electrons. The predicted molar refractivity (Wildman–Crippen MR) is 123 cm³/mol. The van der Waals surface area contributed by atoms with Gasteiger partial charge in [-0.2, -0.15) is 0 Å². The molecular formula is C26H31NO5. The number of carboxylic acid groups (broad SMARTS) is 1. The van der Waals surface area contributed by atoms with Crippen LogP contribution in [0.1, 0.15) is 42.9 Å². The summed E-state index contributed by atoms with van der Waals surface area (Å²) in [6, 6.07) is 16.0. The summed E-state index contributed by atoms with van der Waals surface area (Å²) in [7, 11) is 0. The molecule has 1 heterocycles. The first-order chi connectivity index (χ1) is 15.5. The van der Waals surface area contributed by atoms with Crippen LogP contribution in [0.4, 0.5) is 0 Å². The van der Waals surface area contributed by atoms with Gasteiger partial charge in [0.2, 0.25) is 5.91 Å². The Kier molecular flexibility index (Phi) is 8.59. The van der Waals surface area contributed by atoms with Gasteiger partial charge in [-0.15, -0.1) is 0 Å². The van der Waals surface area contributed by atoms with Crippen molar-refractivity contribution in [2.75, 3.05) is 19.8 Å². The first-order valence-corrected chi connectivity index (χ1v) is 11.1. The van der Waals surface area contributed by atoms with Gasteiger partial charge in [-0.25, -0.2) is 4.79 Å². The SMILES string of the molecule is Cc1ccccc1-c1cccc(C(O)C=CC2CCC(=O)N2CCCCOCC(=O)O)c1. The molecular weight excluding hydrogens is 406 g/mol. The van der Waals surface area contributed by atoms with E-state index in [0.29, 0.717) is 26.0 Å². The minimum absolute atomic E-state index is 0.0309. The molecule has 6 nitrogen and oxygen atoms in total. The number of carbonyl (C=O) groups excluding carboxylic acids is 1. The van der Waals surface area contributed by atoms with Gasteiger partial charge >= 0.3 is 5.97 Å². The van der Waals surface area contributed by atoms with E-state index in [1.54, 1.807) is 6.08 Å². The Bertz CT molecular complexity index is 955. The smallest absolute Gasteiger partial charge is 0.329 e. The first kappa shape index (κ1) is 23.7. The number of aliphatic carboxylic acids is 1. The van der Waals surface area contributed by atoms with E-state index < -0.39 is 12.1 Å². The molecule has 1 saturated heterocycles. The second-order valence-electron chi connectivity index (χ2n) is 8.12. The largest absolute Gasteiger partial charge is 0.480 e. The summed E-state index contributed by atoms with van der Waals surface area (Å²) >= 11 is 0. The van der Waals surface area contributed by atoms with Crippen molar-refractivity contribution in [3.63, 3.8) is 0 Å². The summed E-state index contributed by atoms with van der Waals surface area (Å²) in [6.45, 7) is 2.74. The van der Waals surface area contributed by atoms with Crippen molar-refractivity contribution in [3.8, 4) is 11.1 Å². The van der Waals surface area contributed by atoms with Crippen LogP contribution in [-0.4, -0.2) is 52.8 Å². The third kappa shape index (κ3) is 6.52. The molecule has 32 heavy (non-hydrogen) atoms. The molecule has 0 aromatic heterocycles. The van der Waals surface area contributed by atoms with Crippen LogP contribution in [0.25, 0.3) is 11.1 Å². The van der Waals surface area contributed by atoms with E-state index in [0.717, 1.165) is 29.5 Å². The number of likely N-dealkylation sites (tertiary alicyclic amines) is 1. The zero-order valence-corrected chi connectivity index (χ0v) is 18.4. The van der Waals surface area contributed by atoms with Crippen molar-refractivity contribution >= 4 is 11.9 Å². The molecule has 2 aromatic carbocycles. The number of hydrogen-bond donors (Lipinski definition) is 2. The quantitative estimate of drug-likeness (QED) is 0.408. The molecule has 2 N–H and O–H groups in total. The maximum absolute atomic E-state index is 12.3. The van der Waals surface area contributed by atoms with Gasteiger partial charge < -0.3 is 19.8 Å². The van der Waals surface area contributed by atoms with Crippen molar-refractivity contribution in [1.29, 1.82) is 0 Å². The lowest BCUT2D eigenvalue weighted by Crippen LogP contribution is -2.32. The third-order valence-electron chi connectivity index (χ3n) is 5.74. The van der Waals surface area contributed by atoms with E-state index in [2.05, 4.69) is 19.1 Å². The maximum atomic E-state index is 12.3. The minimum atomic E-state index is -0.979. The van der Waals surface area contributed by atoms with Crippen molar-refractivity contribution in [3.05, 3.63) is 71.8 Å². The molecule has 1 aliphatic heterocycles. The lowest BCUT2D eigenvalue weighted by molar-refractivity contribution is -0.142. The highest BCUT2D eigenvalue weighted by Crippen LogP contribution is 2.27. The fourth-order valence-corrected chi connectivity index (χ4v) is 4.02. The molecule has 2 aromatic rings. The molecule has 0 saturated carbocycles. The molecule has 0 spiro atoms. The summed E-state index contributed by atoms with van der Waals surface area (Å²) < 4.78 is 5.04. The number of rotatable bonds is 11. The van der Waals surface area contributed by atoms with Gasteiger partial charge in [0.25, 0.3) is 0 Å². The predicted octanol–water partition coefficient (Wildman–Crippen LogP) is 4.12. The van der Waals surface area contributed by atoms with E-state index in [1.807, 2.05) is 47.4 Å². The summed E-state index contributed by atoms with van der Waals surface area (Å²) in [5.74, 6) is -0.866. The summed E-state index contributed by atoms with van der Waals surface area (Å²) in [5, 5.41) is 19.3. The summed E-state index contributed by atoms with van der Waals surface area (Å²) in [6.07, 6.45) is 5.63. The number of hydrogen-bond acceptors (Lipinski definition) is 4. The van der Waals surface area contributed by atoms with Crippen molar-refractivity contribution in [1.82, 2.24) is 4.90 Å². The molecule has 0 bridgehead atoms. The zero-order valence-electron chi connectivity index (χ0n) is 18.4. The topological polar surface area (TPSA) is 87.1 Å². The maximum Gasteiger partial charge on any atom is 0.329 e. The van der Waals surface area contributed by atoms with Gasteiger partial charge in [0.05, 0.1) is 12.1 Å². The fraction of sp³-hybridized carbons (Fsp3) is 0.385. The number of nitrogens with zero attached hydrogens (tertiary/aromatic N) is 1. The number of benzene rings is 2. The fourth-order valence-electron chi connectivity index (χ4n) is 4.02. The number of unbranched alkanes of at least 4 members (excludes halogenated alkanes) is 1. The second-order valence-corrected chi connectivity index (χ2v) is 8.12. The van der Waals surface area contributed by atoms with Gasteiger partial charge in [-0.05, 0) is 54.5 Å². The lowest BCUT2D eigenvalue weighted by atomic mass is 9.97. The van der Waals surface area contributed by atoms with Crippen LogP contribution < -0.4 is 0 Å². The Balaban J connectivity index is 1.57. The molecule has 2 unspecified atom stereocenters. The van der Waals surface area contributed by atoms with Crippen LogP contribution >= 0.6 is 0 Å². The van der Waals surface area contributed by atoms with Gasteiger partial charge in [-0.1, -0.05) is 54.6 Å². The van der Waals surface area contributed by atoms with Gasteiger partial charge in [0, 0.05) is 19.6 Å². The van der Waals surface area contributed by atoms with Crippen molar-refractivity contribution < 1.29 is 24.5 Å². The third-order valence-corrected chi connectivity index (χ3v) is 5.74. The highest BCUT2D eigenvalue weighted by atomic mass is 16.5. The monoisotopic (exact) mass is 437 g/mol. The normalized spacial score (nSPS) is 17.2. The number of amides is 1. The Hall–Kier alpha value is -2.96. The first-order valence-electron chi connectivity index (χ1n) is 11.1. The van der Waals surface area contributed by atoms with Gasteiger partial charge in [-0.3, -0.25) is 4.79 Å². The van der Waals surface area contributed by atoms with E-state index >= 15 is 0 Å². The molecule has 3 rings (SSSR count). The van der Waals surface area contributed by atoms with E-state index in [4.69, 9.17) is 9.84 Å². The molecule has 1 fully saturated rings. The lowest BCUT2D eigenvalue weighted by Gasteiger charge is -2.22. The average molecular weight is 438 g/mol. The number of aliphatic hydroxyl groups is 1. The van der Waals surface area contributed by atoms with Crippen LogP contribution in [0.5, 0.6) is 0 Å². The molecule has 2 atom stereocenters. The van der Waals surface area contributed by atoms with Crippen molar-refractivity contribution in [2.24, 2.45) is 0 Å². The summed E-state index contributed by atoms with van der Waals surface area (Å²) in [4.78, 5) is 24.6. The molecule has 170 valence electrons. The molecule has 0 aliphatic carbocycles. The van der Waals surface area contributed by atoms with Gasteiger partial charge in [0.15, 0.2) is 0 Å². The Labute approximate surface area is 189 Å². The van der Waals surface area contributed by atoms with Crippen LogP contribution in [0.3, 0.4) is 0 Å². The van der Waals surface area contributed by atoms with E-state index in [-0.39, 0.29) is 18.6 Å². The van der Waals surface area contributed by atoms with Crippen LogP contribution in [-0.2, 0) is 14.3 Å². The average Bonchev–Trinajstić information content (AvgIpc) is 3.14. The summed E-state index contributed by atoms with van der Waals surface area (Å²) in [5.41, 5.74) is 4.21. The van der Waals surface area contributed by atoms with Crippen LogP contribution in [0.2, 0.25) is 0 Å². The molecule has 1 amide bonds. The standard InChI is InChI=1S/C26H31NO5/c1-19-7-2-3-10-23(19)20-8-6-9-21(17-20)24(28)13-11-22-12-14-25(29)27(22)15-4-5-16-32-18-26(30)31/h2-3,6-11,13,17,22,24,28H,4-5,12,14-16,18H2,1H3,(H,30,31). The number of ether oxygens (including phenoxy) is 1. The number of aryl methyl sites for hydroxylation is 1. The minimum Gasteiger partial charge on any atom is -0.480 e. The highest BCUT2D eigenvalue weighted by molar-refractivity contribution is 5.79. The Morgan fingerprint density at radius 3 is 2.81 bits per heavy atom. The molecule has 1 aliphatic rings. The van der Waals surface area contributed by atoms with E-state index in [1.165, 1.54) is 5.56 Å². The number of aliphatic hydroxyl groups excluding tert-OH is 1. The molecule has 6 heteroatoms. The Morgan fingerprint density at radius 2 is 2.03 bits per heavy atom. The second kappa shape index (κ2) is 11.6. The Morgan fingerprint density at radius 1 is 1.22 bits per heavy atom. The van der Waals surface area contributed by atoms with Crippen molar-refractivity contribution in [2.45, 2.75) is 44.8 Å². The van der Waals surface area contributed by atoms with Crippen LogP contribution in [0.15, 0.2) is 60.7 Å². The zero-order chi connectivity index (χ0) is 22.9.